The van der Waals surface area contributed by atoms with Gasteiger partial charge < -0.3 is 27.7 Å². The molecule has 0 atom stereocenters. The van der Waals surface area contributed by atoms with E-state index in [0.717, 1.165) is 0 Å². The van der Waals surface area contributed by atoms with Crippen LogP contribution in [0.1, 0.15) is 0 Å². The van der Waals surface area contributed by atoms with Gasteiger partial charge in [-0.25, -0.2) is 0 Å². The molecule has 118 valence electrons. The molecule has 5 nitrogen and oxygen atoms in total. The van der Waals surface area contributed by atoms with Gasteiger partial charge in [-0.05, 0) is 42.5 Å². The molecule has 0 heterocycles. The topological polar surface area (TPSA) is 113 Å². The van der Waals surface area contributed by atoms with E-state index < -0.39 is 0 Å². The van der Waals surface area contributed by atoms with Crippen molar-refractivity contribution in [2.75, 3.05) is 22.9 Å². The molecule has 8 N–H and O–H groups in total. The van der Waals surface area contributed by atoms with Gasteiger partial charge in [-0.1, -0.05) is 30.3 Å². The van der Waals surface area contributed by atoms with Gasteiger partial charge in [0.15, 0.2) is 0 Å². The Labute approximate surface area is 135 Å². The number of nitrogens with two attached hydrogens (primary N) is 4. The van der Waals surface area contributed by atoms with E-state index in [0.29, 0.717) is 34.2 Å². The molecule has 3 rings (SSSR count). The highest BCUT2D eigenvalue weighted by Crippen LogP contribution is 2.30. The molecule has 0 radical (unpaired) electrons. The maximum absolute atomic E-state index is 5.75. The molecule has 5 heteroatoms. The Balaban J connectivity index is 0.000000203. The summed E-state index contributed by atoms with van der Waals surface area (Å²) >= 11 is 0. The molecule has 3 aromatic rings. The summed E-state index contributed by atoms with van der Waals surface area (Å²) in [6, 6.07) is 21.8. The molecule has 0 bridgehead atoms. The lowest BCUT2D eigenvalue weighted by atomic mass is 10.3. The minimum absolute atomic E-state index is 0.598. The Bertz CT molecular complexity index is 713. The third-order valence-electron chi connectivity index (χ3n) is 2.97. The average Bonchev–Trinajstić information content (AvgIpc) is 2.52. The molecule has 23 heavy (non-hydrogen) atoms. The predicted octanol–water partition coefficient (Wildman–Crippen LogP) is 3.49. The van der Waals surface area contributed by atoms with Crippen LogP contribution in [0.5, 0.6) is 11.5 Å². The van der Waals surface area contributed by atoms with Crippen LogP contribution in [0.15, 0.2) is 72.8 Å². The van der Waals surface area contributed by atoms with E-state index >= 15 is 0 Å². The standard InChI is InChI=1S/C12H12N2O.C6H8N2/c13-9-5-1-3-7-11(9)15-12-8-4-2-6-10(12)14;7-5-2-1-3-6(8)4-5/h1-8H,13-14H2;1-4H,7-8H2. The Kier molecular flexibility index (Phi) is 5.30. The van der Waals surface area contributed by atoms with Crippen molar-refractivity contribution < 1.29 is 4.74 Å². The van der Waals surface area contributed by atoms with Crippen molar-refractivity contribution in [1.82, 2.24) is 0 Å². The summed E-state index contributed by atoms with van der Waals surface area (Å²) in [6.07, 6.45) is 0. The van der Waals surface area contributed by atoms with E-state index in [2.05, 4.69) is 0 Å². The van der Waals surface area contributed by atoms with Crippen LogP contribution in [0.25, 0.3) is 0 Å². The Morgan fingerprint density at radius 1 is 0.522 bits per heavy atom. The summed E-state index contributed by atoms with van der Waals surface area (Å²) in [7, 11) is 0. The molecule has 0 spiro atoms. The van der Waals surface area contributed by atoms with Crippen molar-refractivity contribution in [3.8, 4) is 11.5 Å². The van der Waals surface area contributed by atoms with Crippen LogP contribution >= 0.6 is 0 Å². The quantitative estimate of drug-likeness (QED) is 0.541. The van der Waals surface area contributed by atoms with Crippen molar-refractivity contribution in [3.63, 3.8) is 0 Å². The lowest BCUT2D eigenvalue weighted by Crippen LogP contribution is -1.94. The summed E-state index contributed by atoms with van der Waals surface area (Å²) in [5.41, 5.74) is 24.9. The number of para-hydroxylation sites is 4. The first-order valence-corrected chi connectivity index (χ1v) is 7.04. The Morgan fingerprint density at radius 3 is 1.30 bits per heavy atom. The van der Waals surface area contributed by atoms with Gasteiger partial charge in [-0.15, -0.1) is 0 Å². The molecule has 0 aliphatic rings. The fourth-order valence-corrected chi connectivity index (χ4v) is 1.82. The average molecular weight is 308 g/mol. The Morgan fingerprint density at radius 2 is 0.957 bits per heavy atom. The van der Waals surface area contributed by atoms with Crippen LogP contribution in [0, 0.1) is 0 Å². The zero-order valence-corrected chi connectivity index (χ0v) is 12.6. The SMILES string of the molecule is Nc1cccc(N)c1.Nc1ccccc1Oc1ccccc1N. The minimum atomic E-state index is 0.598. The maximum Gasteiger partial charge on any atom is 0.150 e. The van der Waals surface area contributed by atoms with Crippen LogP contribution in [-0.2, 0) is 0 Å². The fraction of sp³-hybridized carbons (Fsp3) is 0. The highest BCUT2D eigenvalue weighted by atomic mass is 16.5. The van der Waals surface area contributed by atoms with E-state index in [-0.39, 0.29) is 0 Å². The first kappa shape index (κ1) is 16.0. The normalized spacial score (nSPS) is 9.57. The van der Waals surface area contributed by atoms with Gasteiger partial charge in [0.1, 0.15) is 11.5 Å². The molecular formula is C18H20N4O. The second-order valence-electron chi connectivity index (χ2n) is 4.85. The van der Waals surface area contributed by atoms with Crippen molar-refractivity contribution in [1.29, 1.82) is 0 Å². The molecule has 0 saturated heterocycles. The van der Waals surface area contributed by atoms with Crippen LogP contribution in [0.2, 0.25) is 0 Å². The van der Waals surface area contributed by atoms with Gasteiger partial charge in [0, 0.05) is 11.4 Å². The monoisotopic (exact) mass is 308 g/mol. The molecule has 0 aliphatic carbocycles. The first-order valence-electron chi connectivity index (χ1n) is 7.04. The van der Waals surface area contributed by atoms with Crippen LogP contribution in [0.3, 0.4) is 0 Å². The number of anilines is 4. The maximum atomic E-state index is 5.75. The van der Waals surface area contributed by atoms with Crippen molar-refractivity contribution >= 4 is 22.7 Å². The van der Waals surface area contributed by atoms with Gasteiger partial charge in [-0.2, -0.15) is 0 Å². The highest BCUT2D eigenvalue weighted by Gasteiger charge is 2.02. The lowest BCUT2D eigenvalue weighted by molar-refractivity contribution is 0.487. The third-order valence-corrected chi connectivity index (χ3v) is 2.97. The smallest absolute Gasteiger partial charge is 0.150 e. The molecule has 0 unspecified atom stereocenters. The zero-order chi connectivity index (χ0) is 16.7. The van der Waals surface area contributed by atoms with E-state index in [1.54, 1.807) is 30.3 Å². The van der Waals surface area contributed by atoms with Crippen molar-refractivity contribution in [2.24, 2.45) is 0 Å². The van der Waals surface area contributed by atoms with Gasteiger partial charge in [-0.3, -0.25) is 0 Å². The number of nitrogen functional groups attached to an aromatic ring is 4. The van der Waals surface area contributed by atoms with Crippen molar-refractivity contribution in [3.05, 3.63) is 72.8 Å². The second-order valence-corrected chi connectivity index (χ2v) is 4.85. The summed E-state index contributed by atoms with van der Waals surface area (Å²) in [6.45, 7) is 0. The number of ether oxygens (including phenoxy) is 1. The molecular weight excluding hydrogens is 288 g/mol. The number of rotatable bonds is 2. The Hall–Kier alpha value is -3.34. The molecule has 3 aromatic carbocycles. The van der Waals surface area contributed by atoms with E-state index in [4.69, 9.17) is 27.7 Å². The van der Waals surface area contributed by atoms with Gasteiger partial charge >= 0.3 is 0 Å². The van der Waals surface area contributed by atoms with Gasteiger partial charge in [0.05, 0.1) is 11.4 Å². The molecule has 0 fully saturated rings. The minimum Gasteiger partial charge on any atom is -0.453 e. The molecule has 0 aromatic heterocycles. The predicted molar refractivity (Wildman–Crippen MR) is 97.0 cm³/mol. The fourth-order valence-electron chi connectivity index (χ4n) is 1.82. The summed E-state index contributed by atoms with van der Waals surface area (Å²) in [5, 5.41) is 0. The van der Waals surface area contributed by atoms with Crippen molar-refractivity contribution in [2.45, 2.75) is 0 Å². The lowest BCUT2D eigenvalue weighted by Gasteiger charge is -2.09. The number of hydrogen-bond donors (Lipinski definition) is 4. The van der Waals surface area contributed by atoms with E-state index in [9.17, 15) is 0 Å². The first-order chi connectivity index (χ1) is 11.1. The van der Waals surface area contributed by atoms with Gasteiger partial charge in [0.2, 0.25) is 0 Å². The highest BCUT2D eigenvalue weighted by molar-refractivity contribution is 5.58. The molecule has 0 saturated carbocycles. The zero-order valence-electron chi connectivity index (χ0n) is 12.6. The largest absolute Gasteiger partial charge is 0.453 e. The number of hydrogen-bond acceptors (Lipinski definition) is 5. The third kappa shape index (κ3) is 4.86. The number of benzene rings is 3. The van der Waals surface area contributed by atoms with Crippen LogP contribution < -0.4 is 27.7 Å². The van der Waals surface area contributed by atoms with Crippen LogP contribution in [0.4, 0.5) is 22.7 Å². The van der Waals surface area contributed by atoms with E-state index in [1.165, 1.54) is 0 Å². The molecule has 0 amide bonds. The molecule has 0 aliphatic heterocycles. The van der Waals surface area contributed by atoms with E-state index in [1.807, 2.05) is 42.5 Å². The summed E-state index contributed by atoms with van der Waals surface area (Å²) in [5.74, 6) is 1.24. The van der Waals surface area contributed by atoms with Gasteiger partial charge in [0.25, 0.3) is 0 Å². The second kappa shape index (κ2) is 7.61. The summed E-state index contributed by atoms with van der Waals surface area (Å²) < 4.78 is 5.59. The summed E-state index contributed by atoms with van der Waals surface area (Å²) in [4.78, 5) is 0. The van der Waals surface area contributed by atoms with Crippen LogP contribution in [-0.4, -0.2) is 0 Å².